The first-order valence-electron chi connectivity index (χ1n) is 12.9. The summed E-state index contributed by atoms with van der Waals surface area (Å²) in [7, 11) is 0. The van der Waals surface area contributed by atoms with Crippen molar-refractivity contribution in [3.8, 4) is 0 Å². The molecular formula is C29H36N4O4. The molecule has 2 aromatic carbocycles. The molecule has 2 atom stereocenters. The van der Waals surface area contributed by atoms with Crippen LogP contribution in [0.1, 0.15) is 56.8 Å². The number of nitrogens with one attached hydrogen (secondary N) is 1. The van der Waals surface area contributed by atoms with Crippen molar-refractivity contribution in [2.45, 2.75) is 52.6 Å². The molecule has 1 amide bonds. The molecule has 3 aromatic rings. The maximum absolute atomic E-state index is 13.7. The Balaban J connectivity index is 1.67. The monoisotopic (exact) mass is 504 g/mol. The van der Waals surface area contributed by atoms with Crippen molar-refractivity contribution in [3.05, 3.63) is 70.3 Å². The Kier molecular flexibility index (Phi) is 8.38. The number of nitrogens with zero attached hydrogens (tertiary/aromatic N) is 3. The van der Waals surface area contributed by atoms with E-state index in [1.807, 2.05) is 32.0 Å². The van der Waals surface area contributed by atoms with Gasteiger partial charge in [-0.25, -0.2) is 4.98 Å². The highest BCUT2D eigenvalue weighted by molar-refractivity contribution is 5.83. The molecular weight excluding hydrogens is 468 g/mol. The lowest BCUT2D eigenvalue weighted by atomic mass is 9.97. The van der Waals surface area contributed by atoms with Crippen LogP contribution in [0.3, 0.4) is 0 Å². The molecule has 1 saturated heterocycles. The largest absolute Gasteiger partial charge is 0.378 e. The van der Waals surface area contributed by atoms with Crippen molar-refractivity contribution in [1.82, 2.24) is 14.9 Å². The number of hydrogen-bond donors (Lipinski definition) is 1. The zero-order valence-corrected chi connectivity index (χ0v) is 22.1. The van der Waals surface area contributed by atoms with Crippen LogP contribution in [0.25, 0.3) is 10.9 Å². The van der Waals surface area contributed by atoms with Crippen LogP contribution in [0.2, 0.25) is 0 Å². The van der Waals surface area contributed by atoms with Crippen LogP contribution in [0.15, 0.2) is 53.6 Å². The van der Waals surface area contributed by atoms with E-state index in [0.717, 1.165) is 29.9 Å². The van der Waals surface area contributed by atoms with Gasteiger partial charge >= 0.3 is 0 Å². The zero-order chi connectivity index (χ0) is 26.5. The number of rotatable bonds is 9. The molecule has 0 bridgehead atoms. The first kappa shape index (κ1) is 26.5. The van der Waals surface area contributed by atoms with Crippen molar-refractivity contribution in [3.63, 3.8) is 0 Å². The molecule has 0 spiro atoms. The number of carbonyl (C=O) groups excluding carboxylic acids is 2. The van der Waals surface area contributed by atoms with Gasteiger partial charge in [0.15, 0.2) is 0 Å². The first-order valence-corrected chi connectivity index (χ1v) is 12.9. The summed E-state index contributed by atoms with van der Waals surface area (Å²) in [6, 6.07) is 11.9. The van der Waals surface area contributed by atoms with E-state index in [9.17, 15) is 14.4 Å². The van der Waals surface area contributed by atoms with E-state index in [2.05, 4.69) is 28.2 Å². The van der Waals surface area contributed by atoms with Crippen LogP contribution >= 0.6 is 0 Å². The minimum Gasteiger partial charge on any atom is -0.378 e. The standard InChI is InChI=1S/C29H36N4O4/c1-19(2)15-27(33-18-30-24-8-6-5-7-23(24)29(33)36)28(35)31-25(16-21(4)34)22-10-9-20(3)26(17-22)32-11-13-37-14-12-32/h5-10,17-19,25,27H,11-16H2,1-4H3,(H,31,35)/t25-,27-/m0/s1. The SMILES string of the molecule is CC(=O)C[C@H](NC(=O)[C@H](CC(C)C)n1cnc2ccccc2c1=O)c1ccc(C)c(N2CCOCC2)c1. The van der Waals surface area contributed by atoms with Gasteiger partial charge in [-0.1, -0.05) is 38.1 Å². The third-order valence-electron chi connectivity index (χ3n) is 6.82. The summed E-state index contributed by atoms with van der Waals surface area (Å²) in [4.78, 5) is 46.0. The number of hydrogen-bond acceptors (Lipinski definition) is 6. The number of Topliss-reactive ketones (excluding diaryl/α,β-unsaturated/α-hetero) is 1. The van der Waals surface area contributed by atoms with E-state index in [4.69, 9.17) is 4.74 Å². The van der Waals surface area contributed by atoms with Crippen molar-refractivity contribution in [2.75, 3.05) is 31.2 Å². The van der Waals surface area contributed by atoms with E-state index < -0.39 is 12.1 Å². The highest BCUT2D eigenvalue weighted by atomic mass is 16.5. The quantitative estimate of drug-likeness (QED) is 0.474. The topological polar surface area (TPSA) is 93.5 Å². The molecule has 8 nitrogen and oxygen atoms in total. The number of aryl methyl sites for hydroxylation is 1. The summed E-state index contributed by atoms with van der Waals surface area (Å²) in [5.74, 6) is -0.163. The predicted molar refractivity (Wildman–Crippen MR) is 145 cm³/mol. The van der Waals surface area contributed by atoms with Gasteiger partial charge in [0.25, 0.3) is 5.56 Å². The molecule has 8 heteroatoms. The molecule has 2 heterocycles. The highest BCUT2D eigenvalue weighted by Crippen LogP contribution is 2.28. The van der Waals surface area contributed by atoms with Crippen molar-refractivity contribution >= 4 is 28.3 Å². The van der Waals surface area contributed by atoms with Crippen LogP contribution in [0, 0.1) is 12.8 Å². The molecule has 0 unspecified atom stereocenters. The summed E-state index contributed by atoms with van der Waals surface area (Å²) >= 11 is 0. The van der Waals surface area contributed by atoms with Gasteiger partial charge in [0.05, 0.1) is 36.5 Å². The predicted octanol–water partition coefficient (Wildman–Crippen LogP) is 3.97. The summed E-state index contributed by atoms with van der Waals surface area (Å²) in [5.41, 5.74) is 3.42. The Labute approximate surface area is 217 Å². The lowest BCUT2D eigenvalue weighted by Crippen LogP contribution is -2.40. The van der Waals surface area contributed by atoms with Gasteiger partial charge in [-0.05, 0) is 55.5 Å². The molecule has 1 N–H and O–H groups in total. The van der Waals surface area contributed by atoms with Gasteiger partial charge in [0.2, 0.25) is 5.91 Å². The number of anilines is 1. The summed E-state index contributed by atoms with van der Waals surface area (Å²) < 4.78 is 6.93. The lowest BCUT2D eigenvalue weighted by molar-refractivity contribution is -0.126. The maximum Gasteiger partial charge on any atom is 0.261 e. The minimum absolute atomic E-state index is 0.0243. The summed E-state index contributed by atoms with van der Waals surface area (Å²) in [6.45, 7) is 10.5. The van der Waals surface area contributed by atoms with Crippen LogP contribution in [0.4, 0.5) is 5.69 Å². The second-order valence-corrected chi connectivity index (χ2v) is 10.2. The fraction of sp³-hybridized carbons (Fsp3) is 0.448. The molecule has 1 aliphatic rings. The number of benzene rings is 2. The fourth-order valence-electron chi connectivity index (χ4n) is 4.89. The van der Waals surface area contributed by atoms with Gasteiger partial charge in [-0.2, -0.15) is 0 Å². The van der Waals surface area contributed by atoms with E-state index in [1.165, 1.54) is 17.8 Å². The van der Waals surface area contributed by atoms with Gasteiger partial charge in [-0.15, -0.1) is 0 Å². The summed E-state index contributed by atoms with van der Waals surface area (Å²) in [5, 5.41) is 3.58. The summed E-state index contributed by atoms with van der Waals surface area (Å²) in [6.07, 6.45) is 2.09. The normalized spacial score (nSPS) is 15.5. The molecule has 1 fully saturated rings. The first-order chi connectivity index (χ1) is 17.7. The second kappa shape index (κ2) is 11.7. The average Bonchev–Trinajstić information content (AvgIpc) is 2.88. The molecule has 1 aliphatic heterocycles. The Hall–Kier alpha value is -3.52. The number of ether oxygens (including phenoxy) is 1. The number of carbonyl (C=O) groups is 2. The Bertz CT molecular complexity index is 1330. The number of para-hydroxylation sites is 1. The molecule has 1 aromatic heterocycles. The number of amides is 1. The van der Waals surface area contributed by atoms with Crippen molar-refractivity contribution in [1.29, 1.82) is 0 Å². The third kappa shape index (κ3) is 6.25. The molecule has 196 valence electrons. The molecule has 4 rings (SSSR count). The average molecular weight is 505 g/mol. The van der Waals surface area contributed by atoms with E-state index in [-0.39, 0.29) is 29.6 Å². The Morgan fingerprint density at radius 1 is 1.11 bits per heavy atom. The number of aromatic nitrogens is 2. The maximum atomic E-state index is 13.7. The Morgan fingerprint density at radius 2 is 1.84 bits per heavy atom. The molecule has 0 radical (unpaired) electrons. The fourth-order valence-corrected chi connectivity index (χ4v) is 4.89. The smallest absolute Gasteiger partial charge is 0.261 e. The highest BCUT2D eigenvalue weighted by Gasteiger charge is 2.27. The Morgan fingerprint density at radius 3 is 2.54 bits per heavy atom. The second-order valence-electron chi connectivity index (χ2n) is 10.2. The number of ketones is 1. The van der Waals surface area contributed by atoms with Gasteiger partial charge in [0, 0.05) is 25.2 Å². The van der Waals surface area contributed by atoms with E-state index >= 15 is 0 Å². The molecule has 37 heavy (non-hydrogen) atoms. The van der Waals surface area contributed by atoms with Gasteiger partial charge in [0.1, 0.15) is 11.8 Å². The number of morpholine rings is 1. The van der Waals surface area contributed by atoms with E-state index in [0.29, 0.717) is 30.5 Å². The van der Waals surface area contributed by atoms with Gasteiger partial charge in [-0.3, -0.25) is 19.0 Å². The lowest BCUT2D eigenvalue weighted by Gasteiger charge is -2.31. The van der Waals surface area contributed by atoms with Crippen molar-refractivity contribution in [2.24, 2.45) is 5.92 Å². The van der Waals surface area contributed by atoms with Crippen LogP contribution in [0.5, 0.6) is 0 Å². The molecule has 0 aliphatic carbocycles. The van der Waals surface area contributed by atoms with Crippen LogP contribution in [-0.4, -0.2) is 47.5 Å². The molecule has 0 saturated carbocycles. The minimum atomic E-state index is -0.747. The third-order valence-corrected chi connectivity index (χ3v) is 6.82. The van der Waals surface area contributed by atoms with Crippen molar-refractivity contribution < 1.29 is 14.3 Å². The van der Waals surface area contributed by atoms with E-state index in [1.54, 1.807) is 18.2 Å². The van der Waals surface area contributed by atoms with Crippen LogP contribution in [-0.2, 0) is 14.3 Å². The van der Waals surface area contributed by atoms with Crippen LogP contribution < -0.4 is 15.8 Å². The zero-order valence-electron chi connectivity index (χ0n) is 22.1. The van der Waals surface area contributed by atoms with Gasteiger partial charge < -0.3 is 15.0 Å². The number of fused-ring (bicyclic) bond motifs is 1.